The Balaban J connectivity index is 1.41. The minimum absolute atomic E-state index is 0.211. The van der Waals surface area contributed by atoms with E-state index in [4.69, 9.17) is 10.5 Å². The molecule has 0 spiro atoms. The maximum atomic E-state index is 13.2. The minimum Gasteiger partial charge on any atom is -0.490 e. The van der Waals surface area contributed by atoms with Crippen molar-refractivity contribution in [1.82, 2.24) is 34.6 Å². The summed E-state index contributed by atoms with van der Waals surface area (Å²) in [7, 11) is 1.78. The summed E-state index contributed by atoms with van der Waals surface area (Å²) in [6.07, 6.45) is 5.50. The predicted molar refractivity (Wildman–Crippen MR) is 131 cm³/mol. The molecule has 0 atom stereocenters. The molecule has 3 N–H and O–H groups in total. The maximum Gasteiger partial charge on any atom is 0.226 e. The second-order valence-electron chi connectivity index (χ2n) is 8.29. The smallest absolute Gasteiger partial charge is 0.226 e. The van der Waals surface area contributed by atoms with Gasteiger partial charge in [0.05, 0.1) is 11.4 Å². The number of likely N-dealkylation sites (tertiary alicyclic amines) is 1. The van der Waals surface area contributed by atoms with Gasteiger partial charge in [-0.1, -0.05) is 6.07 Å². The SMILES string of the molecule is Cn1nc(-c2ccc(F)nc2)nc1Nc1ccc(-c2ccnc(N)n2)cc1OCCN1CCCC1. The number of ether oxygens (including phenoxy) is 1. The number of nitrogen functional groups attached to an aromatic ring is 1. The van der Waals surface area contributed by atoms with Crippen LogP contribution in [-0.2, 0) is 7.05 Å². The van der Waals surface area contributed by atoms with Gasteiger partial charge in [-0.3, -0.25) is 4.90 Å². The summed E-state index contributed by atoms with van der Waals surface area (Å²) in [6.45, 7) is 3.62. The molecule has 4 aromatic rings. The number of benzene rings is 1. The Labute approximate surface area is 202 Å². The highest BCUT2D eigenvalue weighted by Crippen LogP contribution is 2.32. The third kappa shape index (κ3) is 5.35. The number of nitrogens with one attached hydrogen (secondary N) is 1. The molecule has 0 amide bonds. The second kappa shape index (κ2) is 10.0. The molecule has 1 saturated heterocycles. The first-order valence-electron chi connectivity index (χ1n) is 11.4. The largest absolute Gasteiger partial charge is 0.490 e. The van der Waals surface area contributed by atoms with Gasteiger partial charge in [-0.25, -0.2) is 19.6 Å². The first-order valence-corrected chi connectivity index (χ1v) is 11.4. The van der Waals surface area contributed by atoms with E-state index in [1.54, 1.807) is 30.1 Å². The van der Waals surface area contributed by atoms with Crippen molar-refractivity contribution in [2.75, 3.05) is 37.3 Å². The molecular formula is C24H26FN9O. The average Bonchev–Trinajstić information content (AvgIpc) is 3.50. The van der Waals surface area contributed by atoms with Gasteiger partial charge >= 0.3 is 0 Å². The van der Waals surface area contributed by atoms with Crippen molar-refractivity contribution in [2.24, 2.45) is 7.05 Å². The van der Waals surface area contributed by atoms with Crippen LogP contribution in [0, 0.1) is 5.95 Å². The van der Waals surface area contributed by atoms with E-state index in [1.165, 1.54) is 25.1 Å². The summed E-state index contributed by atoms with van der Waals surface area (Å²) in [5.41, 5.74) is 8.69. The van der Waals surface area contributed by atoms with E-state index in [9.17, 15) is 4.39 Å². The number of aryl methyl sites for hydroxylation is 1. The van der Waals surface area contributed by atoms with E-state index in [0.29, 0.717) is 35.4 Å². The van der Waals surface area contributed by atoms with Gasteiger partial charge in [-0.2, -0.15) is 9.37 Å². The van der Waals surface area contributed by atoms with E-state index < -0.39 is 5.95 Å². The molecule has 5 rings (SSSR count). The molecule has 0 radical (unpaired) electrons. The fraction of sp³-hybridized carbons (Fsp3) is 0.292. The zero-order chi connectivity index (χ0) is 24.2. The van der Waals surface area contributed by atoms with Crippen LogP contribution < -0.4 is 15.8 Å². The van der Waals surface area contributed by atoms with Crippen LogP contribution in [0.25, 0.3) is 22.6 Å². The van der Waals surface area contributed by atoms with Crippen LogP contribution in [0.5, 0.6) is 5.75 Å². The van der Waals surface area contributed by atoms with Crippen LogP contribution in [-0.4, -0.2) is 60.9 Å². The standard InChI is InChI=1S/C24H26FN9O/c1-33-24(31-22(32-33)17-5-7-21(25)28-15-17)30-19-6-4-16(18-8-9-27-23(26)29-18)14-20(19)35-13-12-34-10-2-3-11-34/h4-9,14-15H,2-3,10-13H2,1H3,(H2,26,27,29)(H,30,31,32). The van der Waals surface area contributed by atoms with Crippen molar-refractivity contribution >= 4 is 17.6 Å². The van der Waals surface area contributed by atoms with E-state index in [0.717, 1.165) is 30.9 Å². The fourth-order valence-corrected chi connectivity index (χ4v) is 3.97. The molecule has 1 aromatic carbocycles. The Kier molecular flexibility index (Phi) is 6.49. The summed E-state index contributed by atoms with van der Waals surface area (Å²) in [4.78, 5) is 18.9. The van der Waals surface area contributed by atoms with Gasteiger partial charge in [0.2, 0.25) is 17.8 Å². The van der Waals surface area contributed by atoms with Crippen LogP contribution in [0.4, 0.5) is 22.0 Å². The van der Waals surface area contributed by atoms with Gasteiger partial charge in [0.15, 0.2) is 5.82 Å². The van der Waals surface area contributed by atoms with Gasteiger partial charge in [-0.15, -0.1) is 5.10 Å². The summed E-state index contributed by atoms with van der Waals surface area (Å²) in [6, 6.07) is 10.4. The topological polar surface area (TPSA) is 120 Å². The summed E-state index contributed by atoms with van der Waals surface area (Å²) in [5.74, 6) is 1.26. The highest BCUT2D eigenvalue weighted by atomic mass is 19.1. The number of halogens is 1. The first-order chi connectivity index (χ1) is 17.0. The zero-order valence-corrected chi connectivity index (χ0v) is 19.4. The number of rotatable bonds is 8. The lowest BCUT2D eigenvalue weighted by molar-refractivity contribution is 0.238. The fourth-order valence-electron chi connectivity index (χ4n) is 3.97. The molecule has 1 aliphatic heterocycles. The highest BCUT2D eigenvalue weighted by molar-refractivity contribution is 5.72. The lowest BCUT2D eigenvalue weighted by Crippen LogP contribution is -2.25. The molecule has 35 heavy (non-hydrogen) atoms. The van der Waals surface area contributed by atoms with Gasteiger partial charge in [-0.05, 0) is 56.3 Å². The van der Waals surface area contributed by atoms with Gasteiger partial charge < -0.3 is 15.8 Å². The summed E-state index contributed by atoms with van der Waals surface area (Å²) in [5, 5.41) is 7.74. The summed E-state index contributed by atoms with van der Waals surface area (Å²) < 4.78 is 21.0. The normalized spacial score (nSPS) is 13.8. The lowest BCUT2D eigenvalue weighted by atomic mass is 10.1. The van der Waals surface area contributed by atoms with Crippen LogP contribution in [0.1, 0.15) is 12.8 Å². The molecule has 1 aliphatic rings. The number of anilines is 3. The predicted octanol–water partition coefficient (Wildman–Crippen LogP) is 3.27. The molecule has 3 aromatic heterocycles. The Hall–Kier alpha value is -4.12. The second-order valence-corrected chi connectivity index (χ2v) is 8.29. The van der Waals surface area contributed by atoms with Crippen molar-refractivity contribution < 1.29 is 9.13 Å². The van der Waals surface area contributed by atoms with E-state index >= 15 is 0 Å². The van der Waals surface area contributed by atoms with E-state index in [1.807, 2.05) is 18.2 Å². The molecular weight excluding hydrogens is 449 g/mol. The molecule has 0 saturated carbocycles. The minimum atomic E-state index is -0.552. The van der Waals surface area contributed by atoms with Gasteiger partial charge in [0.25, 0.3) is 0 Å². The number of nitrogens with zero attached hydrogens (tertiary/aromatic N) is 7. The molecule has 11 heteroatoms. The number of nitrogens with two attached hydrogens (primary N) is 1. The Morgan fingerprint density at radius 1 is 1.06 bits per heavy atom. The molecule has 0 bridgehead atoms. The van der Waals surface area contributed by atoms with Crippen molar-refractivity contribution in [1.29, 1.82) is 0 Å². The van der Waals surface area contributed by atoms with Crippen LogP contribution in [0.2, 0.25) is 0 Å². The molecule has 0 aliphatic carbocycles. The third-order valence-corrected chi connectivity index (χ3v) is 5.81. The van der Waals surface area contributed by atoms with Crippen LogP contribution in [0.15, 0.2) is 48.8 Å². The maximum absolute atomic E-state index is 13.2. The molecule has 10 nitrogen and oxygen atoms in total. The Morgan fingerprint density at radius 3 is 2.66 bits per heavy atom. The number of hydrogen-bond donors (Lipinski definition) is 2. The lowest BCUT2D eigenvalue weighted by Gasteiger charge is -2.17. The molecule has 180 valence electrons. The van der Waals surface area contributed by atoms with Crippen LogP contribution >= 0.6 is 0 Å². The molecule has 1 fully saturated rings. The molecule has 4 heterocycles. The Morgan fingerprint density at radius 2 is 1.89 bits per heavy atom. The van der Waals surface area contributed by atoms with Crippen LogP contribution in [0.3, 0.4) is 0 Å². The zero-order valence-electron chi connectivity index (χ0n) is 19.4. The average molecular weight is 476 g/mol. The third-order valence-electron chi connectivity index (χ3n) is 5.81. The Bertz CT molecular complexity index is 1300. The van der Waals surface area contributed by atoms with E-state index in [2.05, 4.69) is 35.3 Å². The summed E-state index contributed by atoms with van der Waals surface area (Å²) >= 11 is 0. The van der Waals surface area contributed by atoms with Crippen molar-refractivity contribution in [3.8, 4) is 28.4 Å². The number of hydrogen-bond acceptors (Lipinski definition) is 9. The highest BCUT2D eigenvalue weighted by Gasteiger charge is 2.15. The quantitative estimate of drug-likeness (QED) is 0.370. The monoisotopic (exact) mass is 475 g/mol. The van der Waals surface area contributed by atoms with E-state index in [-0.39, 0.29) is 5.95 Å². The van der Waals surface area contributed by atoms with Crippen molar-refractivity contribution in [2.45, 2.75) is 12.8 Å². The number of aromatic nitrogens is 6. The first kappa shape index (κ1) is 22.7. The van der Waals surface area contributed by atoms with Gasteiger partial charge in [0.1, 0.15) is 12.4 Å². The molecule has 0 unspecified atom stereocenters. The van der Waals surface area contributed by atoms with Crippen molar-refractivity contribution in [3.05, 3.63) is 54.7 Å². The number of pyridine rings is 1. The van der Waals surface area contributed by atoms with Crippen molar-refractivity contribution in [3.63, 3.8) is 0 Å². The van der Waals surface area contributed by atoms with Gasteiger partial charge in [0, 0.05) is 37.1 Å².